The van der Waals surface area contributed by atoms with Crippen molar-refractivity contribution in [3.63, 3.8) is 0 Å². The van der Waals surface area contributed by atoms with Crippen molar-refractivity contribution in [1.29, 1.82) is 0 Å². The van der Waals surface area contributed by atoms with Gasteiger partial charge in [0.2, 0.25) is 0 Å². The number of carbonyl (C=O) groups excluding carboxylic acids is 2. The van der Waals surface area contributed by atoms with Gasteiger partial charge in [-0.15, -0.1) is 0 Å². The minimum absolute atomic E-state index is 0.0324. The Hall–Kier alpha value is -4.17. The number of aliphatic hydroxyl groups is 1. The van der Waals surface area contributed by atoms with Crippen LogP contribution < -0.4 is 23.8 Å². The molecule has 1 fully saturated rings. The minimum atomic E-state index is -1.01. The van der Waals surface area contributed by atoms with Gasteiger partial charge >= 0.3 is 0 Å². The van der Waals surface area contributed by atoms with E-state index in [0.717, 1.165) is 0 Å². The smallest absolute Gasteiger partial charge is 0.300 e. The van der Waals surface area contributed by atoms with E-state index in [-0.39, 0.29) is 28.0 Å². The molecule has 0 saturated carbocycles. The highest BCUT2D eigenvalue weighted by Crippen LogP contribution is 2.46. The van der Waals surface area contributed by atoms with Crippen molar-refractivity contribution in [2.24, 2.45) is 0 Å². The topological polar surface area (TPSA) is 94.5 Å². The number of nitrogens with zero attached hydrogens (tertiary/aromatic N) is 1. The zero-order valence-corrected chi connectivity index (χ0v) is 22.4. The number of Topliss-reactive ketones (excluding diaryl/α,β-unsaturated/α-hetero) is 1. The summed E-state index contributed by atoms with van der Waals surface area (Å²) in [5.74, 6) is -0.521. The van der Waals surface area contributed by atoms with Crippen molar-refractivity contribution in [1.82, 2.24) is 0 Å². The Morgan fingerprint density at radius 2 is 1.53 bits per heavy atom. The maximum absolute atomic E-state index is 13.5. The molecule has 0 radical (unpaired) electrons. The number of ether oxygens (including phenoxy) is 4. The largest absolute Gasteiger partial charge is 0.507 e. The number of benzene rings is 3. The first kappa shape index (κ1) is 26.9. The Kier molecular flexibility index (Phi) is 7.83. The molecule has 1 saturated heterocycles. The van der Waals surface area contributed by atoms with Gasteiger partial charge in [0.1, 0.15) is 28.8 Å². The van der Waals surface area contributed by atoms with Crippen LogP contribution in [0.2, 0.25) is 5.02 Å². The molecule has 1 unspecified atom stereocenters. The fourth-order valence-electron chi connectivity index (χ4n) is 4.43. The molecule has 0 aliphatic carbocycles. The van der Waals surface area contributed by atoms with Crippen molar-refractivity contribution < 1.29 is 33.6 Å². The maximum atomic E-state index is 13.5. The SMILES string of the molecule is COc1cc(OC)c(/C(O)=C2\C(=O)C(=O)N(c3ccc(OC(C)C)cc3)C2c2ccccc2OC)cc1Cl. The molecule has 1 atom stereocenters. The zero-order chi connectivity index (χ0) is 27.6. The van der Waals surface area contributed by atoms with Gasteiger partial charge in [-0.3, -0.25) is 14.5 Å². The summed E-state index contributed by atoms with van der Waals surface area (Å²) in [7, 11) is 4.36. The van der Waals surface area contributed by atoms with E-state index in [1.54, 1.807) is 48.5 Å². The Morgan fingerprint density at radius 3 is 2.13 bits per heavy atom. The van der Waals surface area contributed by atoms with E-state index in [0.29, 0.717) is 28.5 Å². The summed E-state index contributed by atoms with van der Waals surface area (Å²) < 4.78 is 22.0. The van der Waals surface area contributed by atoms with Crippen LogP contribution in [0.15, 0.2) is 66.2 Å². The van der Waals surface area contributed by atoms with Crippen molar-refractivity contribution in [3.8, 4) is 23.0 Å². The van der Waals surface area contributed by atoms with E-state index in [2.05, 4.69) is 0 Å². The van der Waals surface area contributed by atoms with E-state index in [1.165, 1.54) is 38.4 Å². The molecule has 0 bridgehead atoms. The quantitative estimate of drug-likeness (QED) is 0.221. The van der Waals surface area contributed by atoms with E-state index >= 15 is 0 Å². The van der Waals surface area contributed by atoms with Gasteiger partial charge in [0.25, 0.3) is 11.7 Å². The summed E-state index contributed by atoms with van der Waals surface area (Å²) >= 11 is 6.34. The minimum Gasteiger partial charge on any atom is -0.507 e. The van der Waals surface area contributed by atoms with Crippen LogP contribution in [0.25, 0.3) is 5.76 Å². The van der Waals surface area contributed by atoms with Crippen LogP contribution in [-0.4, -0.2) is 44.2 Å². The molecule has 9 heteroatoms. The average molecular weight is 538 g/mol. The Morgan fingerprint density at radius 1 is 0.895 bits per heavy atom. The highest BCUT2D eigenvalue weighted by Gasteiger charge is 2.48. The van der Waals surface area contributed by atoms with Gasteiger partial charge < -0.3 is 24.1 Å². The maximum Gasteiger partial charge on any atom is 0.300 e. The fraction of sp³-hybridized carbons (Fsp3) is 0.241. The molecule has 38 heavy (non-hydrogen) atoms. The molecule has 4 rings (SSSR count). The molecule has 1 amide bonds. The molecule has 3 aromatic carbocycles. The highest BCUT2D eigenvalue weighted by molar-refractivity contribution is 6.51. The average Bonchev–Trinajstić information content (AvgIpc) is 3.18. The number of carbonyl (C=O) groups is 2. The number of methoxy groups -OCH3 is 3. The van der Waals surface area contributed by atoms with Gasteiger partial charge in [0.05, 0.1) is 49.6 Å². The summed E-state index contributed by atoms with van der Waals surface area (Å²) in [5, 5.41) is 11.7. The van der Waals surface area contributed by atoms with Crippen LogP contribution >= 0.6 is 11.6 Å². The molecule has 0 aromatic heterocycles. The van der Waals surface area contributed by atoms with Crippen LogP contribution in [0.1, 0.15) is 31.0 Å². The molecule has 1 aliphatic heterocycles. The van der Waals surface area contributed by atoms with Crippen molar-refractivity contribution in [2.45, 2.75) is 26.0 Å². The lowest BCUT2D eigenvalue weighted by atomic mass is 9.94. The number of hydrogen-bond acceptors (Lipinski definition) is 7. The molecular weight excluding hydrogens is 510 g/mol. The van der Waals surface area contributed by atoms with E-state index in [9.17, 15) is 14.7 Å². The molecule has 1 N–H and O–H groups in total. The summed E-state index contributed by atoms with van der Waals surface area (Å²) in [5.41, 5.74) is 0.952. The molecular formula is C29H28ClNO7. The third-order valence-corrected chi connectivity index (χ3v) is 6.39. The van der Waals surface area contributed by atoms with Gasteiger partial charge in [-0.25, -0.2) is 0 Å². The fourth-order valence-corrected chi connectivity index (χ4v) is 4.67. The summed E-state index contributed by atoms with van der Waals surface area (Å²) in [6, 6.07) is 15.8. The molecule has 1 heterocycles. The van der Waals surface area contributed by atoms with Gasteiger partial charge in [-0.1, -0.05) is 29.8 Å². The van der Waals surface area contributed by atoms with Gasteiger partial charge in [0.15, 0.2) is 0 Å². The van der Waals surface area contributed by atoms with Crippen LogP contribution in [0.4, 0.5) is 5.69 Å². The first-order chi connectivity index (χ1) is 18.2. The van der Waals surface area contributed by atoms with Gasteiger partial charge in [0, 0.05) is 17.3 Å². The Balaban J connectivity index is 1.96. The first-order valence-electron chi connectivity index (χ1n) is 11.8. The second kappa shape index (κ2) is 11.1. The number of anilines is 1. The predicted octanol–water partition coefficient (Wildman–Crippen LogP) is 5.78. The van der Waals surface area contributed by atoms with Gasteiger partial charge in [-0.2, -0.15) is 0 Å². The number of halogens is 1. The van der Waals surface area contributed by atoms with Crippen molar-refractivity contribution >= 4 is 34.7 Å². The van der Waals surface area contributed by atoms with Crippen LogP contribution in [0.3, 0.4) is 0 Å². The number of aliphatic hydroxyl groups excluding tert-OH is 1. The third kappa shape index (κ3) is 4.87. The molecule has 0 spiro atoms. The number of amides is 1. The lowest BCUT2D eigenvalue weighted by Gasteiger charge is -2.27. The predicted molar refractivity (Wildman–Crippen MR) is 145 cm³/mol. The third-order valence-electron chi connectivity index (χ3n) is 6.09. The number of rotatable bonds is 8. The van der Waals surface area contributed by atoms with E-state index < -0.39 is 23.5 Å². The molecule has 198 valence electrons. The number of hydrogen-bond donors (Lipinski definition) is 1. The number of ketones is 1. The zero-order valence-electron chi connectivity index (χ0n) is 21.7. The Labute approximate surface area is 225 Å². The monoisotopic (exact) mass is 537 g/mol. The summed E-state index contributed by atoms with van der Waals surface area (Å²) in [6.45, 7) is 3.82. The van der Waals surface area contributed by atoms with E-state index in [4.69, 9.17) is 30.5 Å². The standard InChI is InChI=1S/C29H28ClNO7/c1-16(2)38-18-12-10-17(11-13-18)31-26(19-8-6-7-9-22(19)35-3)25(28(33)29(31)34)27(32)20-14-21(30)24(37-5)15-23(20)36-4/h6-16,26,32H,1-5H3/b27-25+. The number of para-hydroxylation sites is 1. The van der Waals surface area contributed by atoms with Crippen molar-refractivity contribution in [3.05, 3.63) is 82.4 Å². The second-order valence-corrected chi connectivity index (χ2v) is 9.17. The first-order valence-corrected chi connectivity index (χ1v) is 12.2. The Bertz CT molecular complexity index is 1400. The van der Waals surface area contributed by atoms with Crippen LogP contribution in [-0.2, 0) is 9.59 Å². The van der Waals surface area contributed by atoms with Crippen molar-refractivity contribution in [2.75, 3.05) is 26.2 Å². The van der Waals surface area contributed by atoms with Crippen LogP contribution in [0.5, 0.6) is 23.0 Å². The normalized spacial score (nSPS) is 16.6. The molecule has 8 nitrogen and oxygen atoms in total. The summed E-state index contributed by atoms with van der Waals surface area (Å²) in [6.07, 6.45) is -0.0324. The lowest BCUT2D eigenvalue weighted by molar-refractivity contribution is -0.132. The molecule has 1 aliphatic rings. The highest BCUT2D eigenvalue weighted by atomic mass is 35.5. The molecule has 3 aromatic rings. The summed E-state index contributed by atoms with van der Waals surface area (Å²) in [4.78, 5) is 28.4. The second-order valence-electron chi connectivity index (χ2n) is 8.76. The van der Waals surface area contributed by atoms with E-state index in [1.807, 2.05) is 13.8 Å². The van der Waals surface area contributed by atoms with Crippen LogP contribution in [0, 0.1) is 0 Å². The van der Waals surface area contributed by atoms with Gasteiger partial charge in [-0.05, 0) is 50.2 Å². The lowest BCUT2D eigenvalue weighted by Crippen LogP contribution is -2.29.